The summed E-state index contributed by atoms with van der Waals surface area (Å²) in [4.78, 5) is 12.2. The molecule has 1 atom stereocenters. The minimum absolute atomic E-state index is 0.0518. The number of para-hydroxylation sites is 1. The van der Waals surface area contributed by atoms with E-state index in [1.54, 1.807) is 24.3 Å². The van der Waals surface area contributed by atoms with E-state index >= 15 is 0 Å². The summed E-state index contributed by atoms with van der Waals surface area (Å²) in [5.74, 6) is 0.647. The number of aromatic hydroxyl groups is 1. The van der Waals surface area contributed by atoms with Gasteiger partial charge in [-0.15, -0.1) is 5.10 Å². The zero-order chi connectivity index (χ0) is 20.4. The van der Waals surface area contributed by atoms with Crippen LogP contribution in [0.2, 0.25) is 0 Å². The lowest BCUT2D eigenvalue weighted by atomic mass is 10.1. The monoisotopic (exact) mass is 448 g/mol. The third-order valence-electron chi connectivity index (χ3n) is 4.02. The van der Waals surface area contributed by atoms with Crippen molar-refractivity contribution in [3.63, 3.8) is 0 Å². The van der Waals surface area contributed by atoms with Crippen molar-refractivity contribution >= 4 is 27.7 Å². The van der Waals surface area contributed by atoms with E-state index in [1.807, 2.05) is 26.0 Å². The Morgan fingerprint density at radius 1 is 1.29 bits per heavy atom. The van der Waals surface area contributed by atoms with Crippen molar-refractivity contribution in [2.75, 3.05) is 7.11 Å². The minimum atomic E-state index is -0.923. The fraction of sp³-hybridized carbons (Fsp3) is 0.300. The molecule has 1 aliphatic heterocycles. The van der Waals surface area contributed by atoms with Gasteiger partial charge in [-0.05, 0) is 44.2 Å². The Balaban J connectivity index is 2.04. The Morgan fingerprint density at radius 3 is 2.68 bits per heavy atom. The minimum Gasteiger partial charge on any atom is -0.504 e. The highest BCUT2D eigenvalue weighted by Gasteiger charge is 2.36. The highest BCUT2D eigenvalue weighted by atomic mass is 79.9. The quantitative estimate of drug-likeness (QED) is 0.741. The molecule has 7 nitrogen and oxygen atoms in total. The number of methoxy groups -OCH3 is 1. The van der Waals surface area contributed by atoms with Gasteiger partial charge in [0, 0.05) is 11.4 Å². The average molecular weight is 449 g/mol. The number of hydrogen-bond acceptors (Lipinski definition) is 6. The number of nitrogens with zero attached hydrogens (tertiary/aromatic N) is 2. The van der Waals surface area contributed by atoms with Crippen molar-refractivity contribution in [2.24, 2.45) is 5.10 Å². The van der Waals surface area contributed by atoms with Crippen molar-refractivity contribution in [1.82, 2.24) is 5.01 Å². The molecule has 0 saturated carbocycles. The van der Waals surface area contributed by atoms with Gasteiger partial charge in [0.25, 0.3) is 0 Å². The van der Waals surface area contributed by atoms with Gasteiger partial charge < -0.3 is 19.3 Å². The zero-order valence-electron chi connectivity index (χ0n) is 16.0. The lowest BCUT2D eigenvalue weighted by molar-refractivity contribution is -0.135. The molecule has 1 heterocycles. The summed E-state index contributed by atoms with van der Waals surface area (Å²) in [6.07, 6.45) is -0.974. The molecule has 148 valence electrons. The molecule has 8 heteroatoms. The molecule has 0 aromatic heterocycles. The Bertz CT molecular complexity index is 929. The van der Waals surface area contributed by atoms with Crippen LogP contribution < -0.4 is 9.47 Å². The van der Waals surface area contributed by atoms with E-state index in [2.05, 4.69) is 21.0 Å². The van der Waals surface area contributed by atoms with E-state index in [0.29, 0.717) is 16.9 Å². The number of rotatable bonds is 5. The molecule has 2 aromatic carbocycles. The number of ether oxygens (including phenoxy) is 3. The smallest absolute Gasteiger partial charge is 0.244 e. The van der Waals surface area contributed by atoms with Crippen molar-refractivity contribution in [3.05, 3.63) is 52.0 Å². The summed E-state index contributed by atoms with van der Waals surface area (Å²) in [7, 11) is 1.45. The number of hydrogen-bond donors (Lipinski definition) is 1. The zero-order valence-corrected chi connectivity index (χ0v) is 17.6. The maximum absolute atomic E-state index is 12.2. The Kier molecular flexibility index (Phi) is 5.79. The molecule has 1 amide bonds. The number of phenolic OH excluding ortho intramolecular Hbond substituents is 1. The molecule has 0 aliphatic carbocycles. The SMILES string of the molecule is COc1cccc([C@H]2OC(c3cc(Br)ccc3OC(C)C)=NN2C(C)=O)c1O. The van der Waals surface area contributed by atoms with Crippen LogP contribution in [-0.2, 0) is 9.53 Å². The highest BCUT2D eigenvalue weighted by molar-refractivity contribution is 9.10. The lowest BCUT2D eigenvalue weighted by Gasteiger charge is -2.21. The van der Waals surface area contributed by atoms with Crippen molar-refractivity contribution in [2.45, 2.75) is 33.1 Å². The first-order valence-corrected chi connectivity index (χ1v) is 9.48. The van der Waals surface area contributed by atoms with Gasteiger partial charge in [0.2, 0.25) is 18.0 Å². The molecule has 0 unspecified atom stereocenters. The third kappa shape index (κ3) is 3.91. The molecule has 3 rings (SSSR count). The van der Waals surface area contributed by atoms with Gasteiger partial charge in [-0.2, -0.15) is 5.01 Å². The fourth-order valence-electron chi connectivity index (χ4n) is 2.81. The van der Waals surface area contributed by atoms with Gasteiger partial charge in [-0.1, -0.05) is 22.0 Å². The maximum Gasteiger partial charge on any atom is 0.244 e. The van der Waals surface area contributed by atoms with Crippen LogP contribution >= 0.6 is 15.9 Å². The second kappa shape index (κ2) is 8.10. The molecule has 1 N–H and O–H groups in total. The molecular weight excluding hydrogens is 428 g/mol. The second-order valence-corrected chi connectivity index (χ2v) is 7.36. The van der Waals surface area contributed by atoms with Gasteiger partial charge in [0.05, 0.1) is 24.3 Å². The van der Waals surface area contributed by atoms with E-state index in [9.17, 15) is 9.90 Å². The van der Waals surface area contributed by atoms with E-state index < -0.39 is 6.23 Å². The van der Waals surface area contributed by atoms with Crippen molar-refractivity contribution in [3.8, 4) is 17.2 Å². The van der Waals surface area contributed by atoms with Gasteiger partial charge in [0.15, 0.2) is 11.5 Å². The molecule has 0 saturated heterocycles. The molecule has 0 radical (unpaired) electrons. The number of carbonyl (C=O) groups is 1. The molecule has 28 heavy (non-hydrogen) atoms. The fourth-order valence-corrected chi connectivity index (χ4v) is 3.17. The predicted molar refractivity (Wildman–Crippen MR) is 107 cm³/mol. The molecule has 0 fully saturated rings. The lowest BCUT2D eigenvalue weighted by Crippen LogP contribution is -2.25. The first kappa shape index (κ1) is 20.0. The van der Waals surface area contributed by atoms with Gasteiger partial charge in [0.1, 0.15) is 5.75 Å². The second-order valence-electron chi connectivity index (χ2n) is 6.44. The molecule has 1 aliphatic rings. The first-order valence-electron chi connectivity index (χ1n) is 8.69. The number of halogens is 1. The van der Waals surface area contributed by atoms with Crippen LogP contribution in [0.15, 0.2) is 46.0 Å². The number of phenols is 1. The summed E-state index contributed by atoms with van der Waals surface area (Å²) in [5, 5.41) is 16.0. The van der Waals surface area contributed by atoms with Crippen LogP contribution in [0.3, 0.4) is 0 Å². The topological polar surface area (TPSA) is 80.6 Å². The normalized spacial score (nSPS) is 16.0. The Hall–Kier alpha value is -2.74. The summed E-state index contributed by atoms with van der Waals surface area (Å²) >= 11 is 3.44. The van der Waals surface area contributed by atoms with Gasteiger partial charge in [-0.3, -0.25) is 4.79 Å². The number of hydrazone groups is 1. The Morgan fingerprint density at radius 2 is 2.04 bits per heavy atom. The molecule has 2 aromatic rings. The standard InChI is InChI=1S/C20H21BrN2O5/c1-11(2)27-16-9-8-13(21)10-15(16)19-22-23(12(3)24)20(28-19)14-6-5-7-17(26-4)18(14)25/h5-11,20,25H,1-4H3/t20-/m1/s1. The van der Waals surface area contributed by atoms with Crippen LogP contribution in [0.4, 0.5) is 0 Å². The summed E-state index contributed by atoms with van der Waals surface area (Å²) < 4.78 is 17.8. The number of carbonyl (C=O) groups excluding carboxylic acids is 1. The van der Waals surface area contributed by atoms with Crippen LogP contribution in [0.5, 0.6) is 17.2 Å². The van der Waals surface area contributed by atoms with E-state index in [4.69, 9.17) is 14.2 Å². The van der Waals surface area contributed by atoms with Crippen molar-refractivity contribution < 1.29 is 24.1 Å². The highest BCUT2D eigenvalue weighted by Crippen LogP contribution is 2.40. The Labute approximate surface area is 171 Å². The van der Waals surface area contributed by atoms with Crippen LogP contribution in [-0.4, -0.2) is 35.1 Å². The van der Waals surface area contributed by atoms with E-state index in [-0.39, 0.29) is 29.4 Å². The first-order chi connectivity index (χ1) is 13.3. The van der Waals surface area contributed by atoms with Crippen molar-refractivity contribution in [1.29, 1.82) is 0 Å². The molecule has 0 spiro atoms. The van der Waals surface area contributed by atoms with E-state index in [0.717, 1.165) is 4.47 Å². The summed E-state index contributed by atoms with van der Waals surface area (Å²) in [6, 6.07) is 10.5. The van der Waals surface area contributed by atoms with Crippen LogP contribution in [0, 0.1) is 0 Å². The number of benzene rings is 2. The van der Waals surface area contributed by atoms with Crippen LogP contribution in [0.1, 0.15) is 38.1 Å². The van der Waals surface area contributed by atoms with Gasteiger partial charge >= 0.3 is 0 Å². The molecular formula is C20H21BrN2O5. The predicted octanol–water partition coefficient (Wildman–Crippen LogP) is 4.19. The van der Waals surface area contributed by atoms with Gasteiger partial charge in [-0.25, -0.2) is 0 Å². The average Bonchev–Trinajstić information content (AvgIpc) is 3.08. The largest absolute Gasteiger partial charge is 0.504 e. The summed E-state index contributed by atoms with van der Waals surface area (Å²) in [5.41, 5.74) is 0.967. The maximum atomic E-state index is 12.2. The number of amides is 1. The van der Waals surface area contributed by atoms with Crippen LogP contribution in [0.25, 0.3) is 0 Å². The van der Waals surface area contributed by atoms with E-state index in [1.165, 1.54) is 19.0 Å². The molecule has 0 bridgehead atoms. The summed E-state index contributed by atoms with van der Waals surface area (Å²) in [6.45, 7) is 5.22. The third-order valence-corrected chi connectivity index (χ3v) is 4.51.